The topological polar surface area (TPSA) is 9.23 Å². The lowest BCUT2D eigenvalue weighted by Crippen LogP contribution is -2.42. The Kier molecular flexibility index (Phi) is 6.57. The number of hydrogen-bond donors (Lipinski definition) is 0. The largest absolute Gasteiger partial charge is 0.375 e. The van der Waals surface area contributed by atoms with Crippen LogP contribution in [-0.4, -0.2) is 12.2 Å². The molecule has 27 heavy (non-hydrogen) atoms. The van der Waals surface area contributed by atoms with Crippen molar-refractivity contribution in [2.75, 3.05) is 0 Å². The van der Waals surface area contributed by atoms with Crippen LogP contribution in [0.25, 0.3) is 0 Å². The van der Waals surface area contributed by atoms with E-state index in [0.29, 0.717) is 12.2 Å². The lowest BCUT2D eigenvalue weighted by Gasteiger charge is -2.48. The molecular formula is C26H46O. The summed E-state index contributed by atoms with van der Waals surface area (Å²) in [6, 6.07) is 0. The number of rotatable bonds is 6. The fourth-order valence-electron chi connectivity index (χ4n) is 7.37. The first kappa shape index (κ1) is 20.2. The third kappa shape index (κ3) is 4.44. The molecule has 0 saturated heterocycles. The normalized spacial score (nSPS) is 41.6. The van der Waals surface area contributed by atoms with Gasteiger partial charge in [0, 0.05) is 0 Å². The summed E-state index contributed by atoms with van der Waals surface area (Å²) in [6.45, 7) is 9.86. The van der Waals surface area contributed by atoms with Gasteiger partial charge in [-0.15, -0.1) is 0 Å². The number of ether oxygens (including phenoxy) is 1. The maximum absolute atomic E-state index is 6.89. The molecule has 4 aliphatic rings. The van der Waals surface area contributed by atoms with E-state index < -0.39 is 0 Å². The van der Waals surface area contributed by atoms with Gasteiger partial charge in [0.05, 0.1) is 12.2 Å². The van der Waals surface area contributed by atoms with Gasteiger partial charge >= 0.3 is 0 Å². The molecule has 0 aromatic rings. The summed E-state index contributed by atoms with van der Waals surface area (Å²) in [7, 11) is 0. The van der Waals surface area contributed by atoms with E-state index in [0.717, 1.165) is 47.3 Å². The third-order valence-corrected chi connectivity index (χ3v) is 9.42. The summed E-state index contributed by atoms with van der Waals surface area (Å²) in [5, 5.41) is 0. The van der Waals surface area contributed by atoms with Crippen molar-refractivity contribution in [2.24, 2.45) is 47.3 Å². The Morgan fingerprint density at radius 1 is 0.556 bits per heavy atom. The van der Waals surface area contributed by atoms with E-state index in [1.54, 1.807) is 0 Å². The van der Waals surface area contributed by atoms with Gasteiger partial charge in [0.25, 0.3) is 0 Å². The zero-order chi connectivity index (χ0) is 19.0. The van der Waals surface area contributed by atoms with Crippen LogP contribution >= 0.6 is 0 Å². The lowest BCUT2D eigenvalue weighted by molar-refractivity contribution is -0.104. The van der Waals surface area contributed by atoms with Crippen molar-refractivity contribution >= 4 is 0 Å². The van der Waals surface area contributed by atoms with Crippen molar-refractivity contribution in [2.45, 2.75) is 117 Å². The van der Waals surface area contributed by atoms with Crippen molar-refractivity contribution < 1.29 is 4.74 Å². The highest BCUT2D eigenvalue weighted by molar-refractivity contribution is 4.92. The van der Waals surface area contributed by atoms with Gasteiger partial charge in [-0.05, 0) is 85.9 Å². The van der Waals surface area contributed by atoms with Crippen LogP contribution in [0.5, 0.6) is 0 Å². The van der Waals surface area contributed by atoms with E-state index >= 15 is 0 Å². The SMILES string of the molecule is CC(C)C1CCC(OC2CCC(C(C)C)C(C3CCC3)C2)CC1C1CCC1. The highest BCUT2D eigenvalue weighted by Gasteiger charge is 2.42. The van der Waals surface area contributed by atoms with E-state index in [1.165, 1.54) is 77.0 Å². The monoisotopic (exact) mass is 374 g/mol. The van der Waals surface area contributed by atoms with Crippen LogP contribution in [0.4, 0.5) is 0 Å². The van der Waals surface area contributed by atoms with Crippen molar-refractivity contribution in [1.29, 1.82) is 0 Å². The average Bonchev–Trinajstić information content (AvgIpc) is 2.51. The van der Waals surface area contributed by atoms with Crippen LogP contribution in [-0.2, 0) is 4.74 Å². The zero-order valence-electron chi connectivity index (χ0n) is 18.7. The fourth-order valence-corrected chi connectivity index (χ4v) is 7.37. The predicted octanol–water partition coefficient (Wildman–Crippen LogP) is 7.49. The molecule has 4 saturated carbocycles. The second-order valence-electron chi connectivity index (χ2n) is 11.5. The molecule has 4 fully saturated rings. The van der Waals surface area contributed by atoms with Crippen molar-refractivity contribution in [1.82, 2.24) is 0 Å². The standard InChI is InChI=1S/C26H46O/c1-17(2)23-13-11-21(15-25(23)19-7-5-8-19)27-22-12-14-24(18(3)4)26(16-22)20-9-6-10-20/h17-26H,5-16H2,1-4H3. The molecule has 0 spiro atoms. The zero-order valence-corrected chi connectivity index (χ0v) is 18.7. The molecule has 1 nitrogen and oxygen atoms in total. The van der Waals surface area contributed by atoms with Gasteiger partial charge in [0.2, 0.25) is 0 Å². The molecule has 6 atom stereocenters. The van der Waals surface area contributed by atoms with E-state index in [2.05, 4.69) is 27.7 Å². The summed E-state index contributed by atoms with van der Waals surface area (Å²) in [5.74, 6) is 7.65. The van der Waals surface area contributed by atoms with Gasteiger partial charge in [0.15, 0.2) is 0 Å². The predicted molar refractivity (Wildman–Crippen MR) is 115 cm³/mol. The van der Waals surface area contributed by atoms with Gasteiger partial charge in [-0.1, -0.05) is 66.2 Å². The molecule has 1 heteroatoms. The maximum atomic E-state index is 6.89. The first-order valence-electron chi connectivity index (χ1n) is 12.7. The van der Waals surface area contributed by atoms with Crippen molar-refractivity contribution in [3.05, 3.63) is 0 Å². The fraction of sp³-hybridized carbons (Fsp3) is 1.00. The molecule has 0 aromatic carbocycles. The second-order valence-corrected chi connectivity index (χ2v) is 11.5. The smallest absolute Gasteiger partial charge is 0.0581 e. The van der Waals surface area contributed by atoms with Gasteiger partial charge in [0.1, 0.15) is 0 Å². The molecular weight excluding hydrogens is 328 g/mol. The Labute approximate surface area is 169 Å². The van der Waals surface area contributed by atoms with Crippen LogP contribution in [0.3, 0.4) is 0 Å². The van der Waals surface area contributed by atoms with Gasteiger partial charge < -0.3 is 4.74 Å². The average molecular weight is 375 g/mol. The van der Waals surface area contributed by atoms with Gasteiger partial charge in [-0.3, -0.25) is 0 Å². The summed E-state index contributed by atoms with van der Waals surface area (Å²) in [6.07, 6.45) is 18.4. The molecule has 0 aromatic heterocycles. The molecule has 0 heterocycles. The Balaban J connectivity index is 1.34. The van der Waals surface area contributed by atoms with Crippen molar-refractivity contribution in [3.63, 3.8) is 0 Å². The molecule has 0 aliphatic heterocycles. The van der Waals surface area contributed by atoms with Crippen molar-refractivity contribution in [3.8, 4) is 0 Å². The molecule has 4 rings (SSSR count). The highest BCUT2D eigenvalue weighted by Crippen LogP contribution is 2.50. The first-order chi connectivity index (χ1) is 13.0. The summed E-state index contributed by atoms with van der Waals surface area (Å²) < 4.78 is 6.89. The first-order valence-corrected chi connectivity index (χ1v) is 12.7. The molecule has 0 radical (unpaired) electrons. The molecule has 6 unspecified atom stereocenters. The van der Waals surface area contributed by atoms with Crippen LogP contribution in [0, 0.1) is 47.3 Å². The molecule has 0 amide bonds. The summed E-state index contributed by atoms with van der Waals surface area (Å²) >= 11 is 0. The highest BCUT2D eigenvalue weighted by atomic mass is 16.5. The Bertz CT molecular complexity index is 419. The second kappa shape index (κ2) is 8.76. The molecule has 156 valence electrons. The van der Waals surface area contributed by atoms with Crippen LogP contribution in [0.15, 0.2) is 0 Å². The van der Waals surface area contributed by atoms with E-state index in [1.807, 2.05) is 0 Å². The van der Waals surface area contributed by atoms with E-state index in [-0.39, 0.29) is 0 Å². The van der Waals surface area contributed by atoms with Crippen LogP contribution < -0.4 is 0 Å². The maximum Gasteiger partial charge on any atom is 0.0581 e. The minimum atomic E-state index is 0.577. The molecule has 0 bridgehead atoms. The van der Waals surface area contributed by atoms with Crippen LogP contribution in [0.1, 0.15) is 105 Å². The van der Waals surface area contributed by atoms with E-state index in [9.17, 15) is 0 Å². The molecule has 4 aliphatic carbocycles. The van der Waals surface area contributed by atoms with Crippen LogP contribution in [0.2, 0.25) is 0 Å². The third-order valence-electron chi connectivity index (χ3n) is 9.42. The minimum absolute atomic E-state index is 0.577. The van der Waals surface area contributed by atoms with E-state index in [4.69, 9.17) is 4.74 Å². The lowest BCUT2D eigenvalue weighted by atomic mass is 9.61. The summed E-state index contributed by atoms with van der Waals surface area (Å²) in [4.78, 5) is 0. The quantitative estimate of drug-likeness (QED) is 0.468. The number of hydrogen-bond acceptors (Lipinski definition) is 1. The minimum Gasteiger partial charge on any atom is -0.375 e. The Morgan fingerprint density at radius 2 is 0.963 bits per heavy atom. The van der Waals surface area contributed by atoms with Gasteiger partial charge in [-0.25, -0.2) is 0 Å². The molecule has 0 N–H and O–H groups in total. The van der Waals surface area contributed by atoms with Gasteiger partial charge in [-0.2, -0.15) is 0 Å². The summed E-state index contributed by atoms with van der Waals surface area (Å²) in [5.41, 5.74) is 0. The Morgan fingerprint density at radius 3 is 1.26 bits per heavy atom. The Hall–Kier alpha value is -0.0400.